The molecule has 88 valence electrons. The Balaban J connectivity index is 1.98. The van der Waals surface area contributed by atoms with E-state index in [1.807, 2.05) is 11.8 Å². The monoisotopic (exact) mass is 236 g/mol. The van der Waals surface area contributed by atoms with Crippen LogP contribution in [0.4, 0.5) is 0 Å². The van der Waals surface area contributed by atoms with Crippen LogP contribution in [-0.4, -0.2) is 11.8 Å². The van der Waals surface area contributed by atoms with E-state index < -0.39 is 0 Å². The lowest BCUT2D eigenvalue weighted by Crippen LogP contribution is -2.41. The van der Waals surface area contributed by atoms with Crippen LogP contribution in [0.5, 0.6) is 0 Å². The molecule has 1 aliphatic carbocycles. The van der Waals surface area contributed by atoms with Crippen molar-refractivity contribution >= 4 is 11.8 Å². The summed E-state index contributed by atoms with van der Waals surface area (Å²) in [6.07, 6.45) is 2.15. The minimum atomic E-state index is 0.167. The first-order valence-corrected chi connectivity index (χ1v) is 6.93. The molecular weight excluding hydrogens is 216 g/mol. The zero-order valence-corrected chi connectivity index (χ0v) is 10.5. The largest absolute Gasteiger partial charge is 0.328 e. The summed E-state index contributed by atoms with van der Waals surface area (Å²) in [5.74, 6) is 1.70. The average Bonchev–Trinajstić information content (AvgIpc) is 2.25. The normalized spacial score (nSPS) is 26.2. The summed E-state index contributed by atoms with van der Waals surface area (Å²) in [6.45, 7) is 2.17. The molecule has 16 heavy (non-hydrogen) atoms. The van der Waals surface area contributed by atoms with Gasteiger partial charge in [0.15, 0.2) is 0 Å². The Labute approximate surface area is 102 Å². The third-order valence-corrected chi connectivity index (χ3v) is 4.19. The fourth-order valence-electron chi connectivity index (χ4n) is 2.23. The minimum Gasteiger partial charge on any atom is -0.328 e. The Kier molecular flexibility index (Phi) is 3.90. The highest BCUT2D eigenvalue weighted by molar-refractivity contribution is 7.99. The molecule has 0 aromatic heterocycles. The van der Waals surface area contributed by atoms with Gasteiger partial charge in [-0.25, -0.2) is 0 Å². The predicted molar refractivity (Wildman–Crippen MR) is 70.5 cm³/mol. The van der Waals surface area contributed by atoms with Gasteiger partial charge in [-0.15, -0.1) is 11.8 Å². The van der Waals surface area contributed by atoms with Gasteiger partial charge in [0.1, 0.15) is 0 Å². The molecule has 1 atom stereocenters. The molecular formula is C13H20N2S. The number of rotatable bonds is 4. The van der Waals surface area contributed by atoms with Gasteiger partial charge in [0.05, 0.1) is 0 Å². The average molecular weight is 236 g/mol. The zero-order valence-electron chi connectivity index (χ0n) is 9.73. The summed E-state index contributed by atoms with van der Waals surface area (Å²) < 4.78 is 0. The molecule has 0 spiro atoms. The molecule has 1 aromatic carbocycles. The van der Waals surface area contributed by atoms with Crippen molar-refractivity contribution in [1.29, 1.82) is 0 Å². The summed E-state index contributed by atoms with van der Waals surface area (Å²) in [7, 11) is 0. The predicted octanol–water partition coefficient (Wildman–Crippen LogP) is 2.54. The van der Waals surface area contributed by atoms with Crippen LogP contribution in [0.2, 0.25) is 0 Å². The smallest absolute Gasteiger partial charge is 0.0324 e. The molecule has 1 unspecified atom stereocenters. The first kappa shape index (κ1) is 12.0. The lowest BCUT2D eigenvalue weighted by molar-refractivity contribution is 0.224. The van der Waals surface area contributed by atoms with Gasteiger partial charge in [-0.2, -0.15) is 0 Å². The molecule has 1 fully saturated rings. The van der Waals surface area contributed by atoms with Crippen LogP contribution in [-0.2, 0) is 0 Å². The Hall–Kier alpha value is -0.510. The fraction of sp³-hybridized carbons (Fsp3) is 0.538. The topological polar surface area (TPSA) is 52.0 Å². The van der Waals surface area contributed by atoms with Crippen LogP contribution in [0.1, 0.15) is 31.4 Å². The van der Waals surface area contributed by atoms with Crippen molar-refractivity contribution in [1.82, 2.24) is 0 Å². The summed E-state index contributed by atoms with van der Waals surface area (Å²) in [6, 6.07) is 9.20. The molecule has 2 rings (SSSR count). The highest BCUT2D eigenvalue weighted by Gasteiger charge is 2.31. The first-order chi connectivity index (χ1) is 7.70. The Morgan fingerprint density at radius 1 is 1.31 bits per heavy atom. The van der Waals surface area contributed by atoms with E-state index in [0.29, 0.717) is 12.0 Å². The van der Waals surface area contributed by atoms with Gasteiger partial charge < -0.3 is 11.5 Å². The molecule has 0 heterocycles. The van der Waals surface area contributed by atoms with E-state index in [1.165, 1.54) is 10.5 Å². The van der Waals surface area contributed by atoms with Crippen LogP contribution in [0.3, 0.4) is 0 Å². The van der Waals surface area contributed by atoms with E-state index in [0.717, 1.165) is 18.6 Å². The number of thioether (sulfide) groups is 1. The van der Waals surface area contributed by atoms with Gasteiger partial charge in [-0.05, 0) is 42.2 Å². The van der Waals surface area contributed by atoms with Crippen LogP contribution in [0.25, 0.3) is 0 Å². The third kappa shape index (κ3) is 2.59. The van der Waals surface area contributed by atoms with Crippen molar-refractivity contribution in [3.05, 3.63) is 29.8 Å². The standard InChI is InChI=1S/C13H20N2S/c1-2-16-12-5-3-9(4-6-12)13(15)10-7-11(14)8-10/h3-6,10-11,13H,2,7-8,14-15H2,1H3. The van der Waals surface area contributed by atoms with Crippen LogP contribution in [0, 0.1) is 5.92 Å². The summed E-state index contributed by atoms with van der Waals surface area (Å²) in [4.78, 5) is 1.32. The van der Waals surface area contributed by atoms with Crippen molar-refractivity contribution in [3.8, 4) is 0 Å². The van der Waals surface area contributed by atoms with E-state index in [2.05, 4.69) is 31.2 Å². The molecule has 2 nitrogen and oxygen atoms in total. The Morgan fingerprint density at radius 2 is 1.94 bits per heavy atom. The van der Waals surface area contributed by atoms with Crippen molar-refractivity contribution in [2.24, 2.45) is 17.4 Å². The molecule has 1 saturated carbocycles. The fourth-order valence-corrected chi connectivity index (χ4v) is 2.89. The van der Waals surface area contributed by atoms with Crippen molar-refractivity contribution in [2.75, 3.05) is 5.75 Å². The van der Waals surface area contributed by atoms with E-state index in [4.69, 9.17) is 11.5 Å². The van der Waals surface area contributed by atoms with Crippen LogP contribution < -0.4 is 11.5 Å². The van der Waals surface area contributed by atoms with Crippen molar-refractivity contribution in [2.45, 2.75) is 36.7 Å². The van der Waals surface area contributed by atoms with Crippen LogP contribution in [0.15, 0.2) is 29.2 Å². The molecule has 0 radical (unpaired) electrons. The van der Waals surface area contributed by atoms with Gasteiger partial charge >= 0.3 is 0 Å². The number of benzene rings is 1. The molecule has 3 heteroatoms. The van der Waals surface area contributed by atoms with E-state index in [1.54, 1.807) is 0 Å². The second-order valence-electron chi connectivity index (χ2n) is 4.52. The lowest BCUT2D eigenvalue weighted by atomic mass is 9.74. The number of nitrogens with two attached hydrogens (primary N) is 2. The zero-order chi connectivity index (χ0) is 11.5. The van der Waals surface area contributed by atoms with E-state index in [-0.39, 0.29) is 6.04 Å². The van der Waals surface area contributed by atoms with Gasteiger partial charge in [0.2, 0.25) is 0 Å². The molecule has 1 aromatic rings. The molecule has 0 aliphatic heterocycles. The maximum absolute atomic E-state index is 6.22. The van der Waals surface area contributed by atoms with Gasteiger partial charge in [-0.1, -0.05) is 19.1 Å². The highest BCUT2D eigenvalue weighted by Crippen LogP contribution is 2.35. The van der Waals surface area contributed by atoms with Gasteiger partial charge in [-0.3, -0.25) is 0 Å². The molecule has 1 aliphatic rings. The maximum atomic E-state index is 6.22. The molecule has 0 saturated heterocycles. The second kappa shape index (κ2) is 5.21. The highest BCUT2D eigenvalue weighted by atomic mass is 32.2. The van der Waals surface area contributed by atoms with Crippen molar-refractivity contribution in [3.63, 3.8) is 0 Å². The summed E-state index contributed by atoms with van der Waals surface area (Å²) in [5, 5.41) is 0. The quantitative estimate of drug-likeness (QED) is 0.790. The molecule has 0 amide bonds. The number of hydrogen-bond donors (Lipinski definition) is 2. The molecule has 4 N–H and O–H groups in total. The SMILES string of the molecule is CCSc1ccc(C(N)C2CC(N)C2)cc1. The van der Waals surface area contributed by atoms with E-state index in [9.17, 15) is 0 Å². The summed E-state index contributed by atoms with van der Waals surface area (Å²) >= 11 is 1.86. The van der Waals surface area contributed by atoms with Crippen LogP contribution >= 0.6 is 11.8 Å². The third-order valence-electron chi connectivity index (χ3n) is 3.29. The molecule has 0 bridgehead atoms. The van der Waals surface area contributed by atoms with E-state index >= 15 is 0 Å². The van der Waals surface area contributed by atoms with Crippen molar-refractivity contribution < 1.29 is 0 Å². The lowest BCUT2D eigenvalue weighted by Gasteiger charge is -2.37. The number of hydrogen-bond acceptors (Lipinski definition) is 3. The second-order valence-corrected chi connectivity index (χ2v) is 5.86. The minimum absolute atomic E-state index is 0.167. The Morgan fingerprint density at radius 3 is 2.44 bits per heavy atom. The summed E-state index contributed by atoms with van der Waals surface area (Å²) in [5.41, 5.74) is 13.3. The Bertz CT molecular complexity index is 330. The maximum Gasteiger partial charge on any atom is 0.0324 e. The van der Waals surface area contributed by atoms with Gasteiger partial charge in [0.25, 0.3) is 0 Å². The van der Waals surface area contributed by atoms with Gasteiger partial charge in [0, 0.05) is 17.0 Å². The first-order valence-electron chi connectivity index (χ1n) is 5.94.